The van der Waals surface area contributed by atoms with Gasteiger partial charge < -0.3 is 10.1 Å². The second kappa shape index (κ2) is 5.39. The number of esters is 1. The van der Waals surface area contributed by atoms with E-state index in [4.69, 9.17) is 4.74 Å². The van der Waals surface area contributed by atoms with Crippen molar-refractivity contribution in [2.45, 2.75) is 32.7 Å². The summed E-state index contributed by atoms with van der Waals surface area (Å²) in [6.45, 7) is 6.62. The van der Waals surface area contributed by atoms with E-state index in [1.54, 1.807) is 18.7 Å². The SMILES string of the molecule is CCOC(=O)CN=C1NC(C)(CC)CS1. The number of carbonyl (C=O) groups excluding carboxylic acids is 1. The van der Waals surface area contributed by atoms with E-state index in [0.29, 0.717) is 6.61 Å². The van der Waals surface area contributed by atoms with Crippen LogP contribution in [-0.2, 0) is 9.53 Å². The van der Waals surface area contributed by atoms with Crippen molar-refractivity contribution in [1.29, 1.82) is 0 Å². The molecule has 0 aromatic rings. The molecule has 0 radical (unpaired) electrons. The Bertz CT molecular complexity index is 268. The van der Waals surface area contributed by atoms with Gasteiger partial charge in [-0.3, -0.25) is 9.79 Å². The Morgan fingerprint density at radius 3 is 2.93 bits per heavy atom. The molecule has 1 fully saturated rings. The summed E-state index contributed by atoms with van der Waals surface area (Å²) in [5, 5.41) is 4.17. The molecule has 0 amide bonds. The zero-order valence-corrected chi connectivity index (χ0v) is 10.3. The summed E-state index contributed by atoms with van der Waals surface area (Å²) in [4.78, 5) is 15.2. The molecule has 4 nitrogen and oxygen atoms in total. The van der Waals surface area contributed by atoms with Crippen molar-refractivity contribution in [2.24, 2.45) is 4.99 Å². The van der Waals surface area contributed by atoms with Crippen LogP contribution in [0.1, 0.15) is 27.2 Å². The highest BCUT2D eigenvalue weighted by atomic mass is 32.2. The molecule has 1 N–H and O–H groups in total. The van der Waals surface area contributed by atoms with Crippen molar-refractivity contribution in [1.82, 2.24) is 5.32 Å². The maximum atomic E-state index is 11.1. The van der Waals surface area contributed by atoms with Crippen LogP contribution in [0.3, 0.4) is 0 Å². The number of ether oxygens (including phenoxy) is 1. The monoisotopic (exact) mass is 230 g/mol. The van der Waals surface area contributed by atoms with E-state index in [-0.39, 0.29) is 18.1 Å². The maximum absolute atomic E-state index is 11.1. The van der Waals surface area contributed by atoms with Gasteiger partial charge in [-0.25, -0.2) is 0 Å². The van der Waals surface area contributed by atoms with Crippen molar-refractivity contribution >= 4 is 22.9 Å². The summed E-state index contributed by atoms with van der Waals surface area (Å²) in [5.41, 5.74) is 0.123. The molecule has 0 spiro atoms. The van der Waals surface area contributed by atoms with Gasteiger partial charge in [0.05, 0.1) is 6.61 Å². The molecule has 1 unspecified atom stereocenters. The molecule has 86 valence electrons. The molecule has 0 aromatic heterocycles. The largest absolute Gasteiger partial charge is 0.465 e. The highest BCUT2D eigenvalue weighted by Crippen LogP contribution is 2.25. The van der Waals surface area contributed by atoms with Crippen molar-refractivity contribution in [3.05, 3.63) is 0 Å². The average Bonchev–Trinajstić information content (AvgIpc) is 2.59. The molecule has 0 aliphatic carbocycles. The van der Waals surface area contributed by atoms with E-state index in [1.165, 1.54) is 0 Å². The first-order valence-corrected chi connectivity index (χ1v) is 6.19. The van der Waals surface area contributed by atoms with Gasteiger partial charge in [0.15, 0.2) is 5.17 Å². The summed E-state index contributed by atoms with van der Waals surface area (Å²) in [5.74, 6) is 0.739. The van der Waals surface area contributed by atoms with Crippen LogP contribution in [-0.4, -0.2) is 35.6 Å². The number of aliphatic imine (C=N–C) groups is 1. The normalized spacial score (nSPS) is 27.8. The van der Waals surface area contributed by atoms with Gasteiger partial charge in [0.25, 0.3) is 0 Å². The predicted octanol–water partition coefficient (Wildman–Crippen LogP) is 1.41. The fourth-order valence-corrected chi connectivity index (χ4v) is 2.38. The Hall–Kier alpha value is -0.710. The predicted molar refractivity (Wildman–Crippen MR) is 63.2 cm³/mol. The van der Waals surface area contributed by atoms with Crippen LogP contribution in [0.15, 0.2) is 4.99 Å². The number of hydrogen-bond acceptors (Lipinski definition) is 4. The van der Waals surface area contributed by atoms with E-state index < -0.39 is 0 Å². The van der Waals surface area contributed by atoms with E-state index in [2.05, 4.69) is 24.2 Å². The second-order valence-electron chi connectivity index (χ2n) is 3.75. The van der Waals surface area contributed by atoms with Crippen LogP contribution in [0.25, 0.3) is 0 Å². The fraction of sp³-hybridized carbons (Fsp3) is 0.800. The van der Waals surface area contributed by atoms with Gasteiger partial charge in [-0.15, -0.1) is 0 Å². The van der Waals surface area contributed by atoms with Gasteiger partial charge in [0.1, 0.15) is 6.54 Å². The van der Waals surface area contributed by atoms with E-state index in [0.717, 1.165) is 17.3 Å². The van der Waals surface area contributed by atoms with E-state index >= 15 is 0 Å². The molecule has 1 aliphatic rings. The molecule has 1 rings (SSSR count). The lowest BCUT2D eigenvalue weighted by atomic mass is 10.0. The molecule has 0 bridgehead atoms. The van der Waals surface area contributed by atoms with Crippen LogP contribution >= 0.6 is 11.8 Å². The van der Waals surface area contributed by atoms with Gasteiger partial charge in [-0.05, 0) is 20.3 Å². The van der Waals surface area contributed by atoms with Gasteiger partial charge in [-0.1, -0.05) is 18.7 Å². The van der Waals surface area contributed by atoms with Gasteiger partial charge in [-0.2, -0.15) is 0 Å². The first-order chi connectivity index (χ1) is 7.09. The Kier molecular flexibility index (Phi) is 4.45. The smallest absolute Gasteiger partial charge is 0.327 e. The zero-order chi connectivity index (χ0) is 11.3. The third kappa shape index (κ3) is 3.74. The average molecular weight is 230 g/mol. The second-order valence-corrected chi connectivity index (χ2v) is 4.72. The number of thioether (sulfide) groups is 1. The van der Waals surface area contributed by atoms with E-state index in [9.17, 15) is 4.79 Å². The zero-order valence-electron chi connectivity index (χ0n) is 9.50. The van der Waals surface area contributed by atoms with Gasteiger partial charge in [0.2, 0.25) is 0 Å². The minimum absolute atomic E-state index is 0.114. The lowest BCUT2D eigenvalue weighted by Gasteiger charge is -2.20. The Balaban J connectivity index is 2.40. The first-order valence-electron chi connectivity index (χ1n) is 5.20. The highest BCUT2D eigenvalue weighted by molar-refractivity contribution is 8.14. The molecule has 1 heterocycles. The molecule has 1 aliphatic heterocycles. The quantitative estimate of drug-likeness (QED) is 0.742. The van der Waals surface area contributed by atoms with Crippen LogP contribution in [0.4, 0.5) is 0 Å². The number of hydrogen-bond donors (Lipinski definition) is 1. The molecule has 0 aromatic carbocycles. The number of carbonyl (C=O) groups is 1. The Morgan fingerprint density at radius 1 is 1.67 bits per heavy atom. The Labute approximate surface area is 94.9 Å². The number of amidine groups is 1. The minimum Gasteiger partial charge on any atom is -0.465 e. The van der Waals surface area contributed by atoms with Crippen LogP contribution < -0.4 is 5.32 Å². The summed E-state index contributed by atoms with van der Waals surface area (Å²) < 4.78 is 4.80. The molecular formula is C10H18N2O2S. The molecule has 0 saturated carbocycles. The topological polar surface area (TPSA) is 50.7 Å². The van der Waals surface area contributed by atoms with Crippen molar-refractivity contribution in [3.63, 3.8) is 0 Å². The van der Waals surface area contributed by atoms with Gasteiger partial charge in [0, 0.05) is 11.3 Å². The first kappa shape index (κ1) is 12.4. The number of nitrogens with one attached hydrogen (secondary N) is 1. The van der Waals surface area contributed by atoms with Crippen LogP contribution in [0.2, 0.25) is 0 Å². The lowest BCUT2D eigenvalue weighted by molar-refractivity contribution is -0.141. The summed E-state index contributed by atoms with van der Waals surface area (Å²) in [7, 11) is 0. The van der Waals surface area contributed by atoms with Gasteiger partial charge >= 0.3 is 5.97 Å². The standard InChI is InChI=1S/C10H18N2O2S/c1-4-10(3)7-15-9(12-10)11-6-8(13)14-5-2/h4-7H2,1-3H3,(H,11,12). The number of rotatable bonds is 4. The number of nitrogens with zero attached hydrogens (tertiary/aromatic N) is 1. The lowest BCUT2D eigenvalue weighted by Crippen LogP contribution is -2.39. The van der Waals surface area contributed by atoms with E-state index in [1.807, 2.05) is 0 Å². The maximum Gasteiger partial charge on any atom is 0.327 e. The Morgan fingerprint density at radius 2 is 2.40 bits per heavy atom. The van der Waals surface area contributed by atoms with Crippen molar-refractivity contribution in [2.75, 3.05) is 18.9 Å². The molecule has 1 saturated heterocycles. The summed E-state index contributed by atoms with van der Waals surface area (Å²) in [6.07, 6.45) is 1.05. The minimum atomic E-state index is -0.266. The third-order valence-corrected chi connectivity index (χ3v) is 3.66. The fourth-order valence-electron chi connectivity index (χ4n) is 1.18. The summed E-state index contributed by atoms with van der Waals surface area (Å²) in [6, 6.07) is 0. The van der Waals surface area contributed by atoms with Crippen molar-refractivity contribution < 1.29 is 9.53 Å². The summed E-state index contributed by atoms with van der Waals surface area (Å²) >= 11 is 1.67. The molecular weight excluding hydrogens is 212 g/mol. The molecule has 15 heavy (non-hydrogen) atoms. The molecule has 1 atom stereocenters. The third-order valence-electron chi connectivity index (χ3n) is 2.37. The highest BCUT2D eigenvalue weighted by Gasteiger charge is 2.30. The molecule has 5 heteroatoms. The van der Waals surface area contributed by atoms with Crippen LogP contribution in [0.5, 0.6) is 0 Å². The van der Waals surface area contributed by atoms with Crippen LogP contribution in [0, 0.1) is 0 Å². The van der Waals surface area contributed by atoms with Crippen molar-refractivity contribution in [3.8, 4) is 0 Å².